The summed E-state index contributed by atoms with van der Waals surface area (Å²) >= 11 is 0. The first-order chi connectivity index (χ1) is 11.8. The van der Waals surface area contributed by atoms with Gasteiger partial charge in [0.25, 0.3) is 0 Å². The van der Waals surface area contributed by atoms with E-state index in [1.807, 2.05) is 0 Å². The fraction of sp³-hybridized carbons (Fsp3) is 0.909. The van der Waals surface area contributed by atoms with Crippen molar-refractivity contribution in [1.82, 2.24) is 9.80 Å². The van der Waals surface area contributed by atoms with Gasteiger partial charge in [-0.3, -0.25) is 0 Å². The van der Waals surface area contributed by atoms with Gasteiger partial charge in [-0.2, -0.15) is 0 Å². The average molecular weight is 337 g/mol. The van der Waals surface area contributed by atoms with E-state index in [0.717, 1.165) is 0 Å². The second kappa shape index (κ2) is 14.7. The summed E-state index contributed by atoms with van der Waals surface area (Å²) in [6.45, 7) is 9.38. The van der Waals surface area contributed by atoms with Crippen molar-refractivity contribution in [3.63, 3.8) is 0 Å². The van der Waals surface area contributed by atoms with Gasteiger partial charge in [-0.15, -0.1) is 0 Å². The van der Waals surface area contributed by atoms with Gasteiger partial charge in [0, 0.05) is 25.5 Å². The van der Waals surface area contributed by atoms with Gasteiger partial charge in [-0.05, 0) is 25.7 Å². The molecule has 0 aliphatic carbocycles. The summed E-state index contributed by atoms with van der Waals surface area (Å²) in [6.07, 6.45) is 24.7. The summed E-state index contributed by atoms with van der Waals surface area (Å²) in [5, 5.41) is 0. The van der Waals surface area contributed by atoms with Crippen LogP contribution in [-0.2, 0) is 0 Å². The minimum absolute atomic E-state index is 0.647. The Morgan fingerprint density at radius 1 is 0.542 bits per heavy atom. The molecule has 2 nitrogen and oxygen atoms in total. The van der Waals surface area contributed by atoms with E-state index in [1.165, 1.54) is 103 Å². The molecule has 0 aromatic carbocycles. The lowest BCUT2D eigenvalue weighted by atomic mass is 10.1. The van der Waals surface area contributed by atoms with E-state index >= 15 is 0 Å². The van der Waals surface area contributed by atoms with Crippen LogP contribution in [0, 0.1) is 0 Å². The highest BCUT2D eigenvalue weighted by Gasteiger charge is 2.24. The van der Waals surface area contributed by atoms with Gasteiger partial charge in [-0.25, -0.2) is 0 Å². The number of nitrogens with zero attached hydrogens (tertiary/aromatic N) is 2. The van der Waals surface area contributed by atoms with E-state index in [1.54, 1.807) is 0 Å². The van der Waals surface area contributed by atoms with Crippen molar-refractivity contribution in [3.8, 4) is 0 Å². The largest absolute Gasteiger partial charge is 0.356 e. The second-order valence-electron chi connectivity index (χ2n) is 7.58. The molecule has 0 saturated carbocycles. The molecule has 0 amide bonds. The Labute approximate surface area is 152 Å². The zero-order valence-electron chi connectivity index (χ0n) is 16.9. The predicted octanol–water partition coefficient (Wildman–Crippen LogP) is 6.92. The van der Waals surface area contributed by atoms with Gasteiger partial charge in [0.05, 0.1) is 0 Å². The molecule has 0 aromatic heterocycles. The van der Waals surface area contributed by atoms with Gasteiger partial charge >= 0.3 is 0 Å². The summed E-state index contributed by atoms with van der Waals surface area (Å²) in [4.78, 5) is 5.24. The molecule has 142 valence electrons. The first-order valence-corrected chi connectivity index (χ1v) is 11.0. The standard InChI is InChI=1S/C22H44N2/c1-4-7-10-12-13-14-15-17-22-23(18-9-6-3)20-21-24(22)19-16-11-8-5-2/h20-22H,4-19H2,1-3H3. The van der Waals surface area contributed by atoms with E-state index < -0.39 is 0 Å². The quantitative estimate of drug-likeness (QED) is 0.282. The number of hydrogen-bond acceptors (Lipinski definition) is 2. The lowest BCUT2D eigenvalue weighted by Gasteiger charge is -2.33. The van der Waals surface area contributed by atoms with Gasteiger partial charge in [0.1, 0.15) is 6.17 Å². The lowest BCUT2D eigenvalue weighted by molar-refractivity contribution is 0.136. The molecule has 0 bridgehead atoms. The number of rotatable bonds is 16. The average Bonchev–Trinajstić information content (AvgIpc) is 2.98. The third-order valence-electron chi connectivity index (χ3n) is 5.32. The molecule has 0 N–H and O–H groups in total. The second-order valence-corrected chi connectivity index (χ2v) is 7.58. The normalized spacial score (nSPS) is 17.2. The van der Waals surface area contributed by atoms with Crippen LogP contribution in [0.25, 0.3) is 0 Å². The van der Waals surface area contributed by atoms with Crippen LogP contribution in [0.15, 0.2) is 12.4 Å². The third-order valence-corrected chi connectivity index (χ3v) is 5.32. The van der Waals surface area contributed by atoms with Crippen molar-refractivity contribution in [2.24, 2.45) is 0 Å². The molecule has 1 atom stereocenters. The third kappa shape index (κ3) is 8.99. The topological polar surface area (TPSA) is 6.48 Å². The van der Waals surface area contributed by atoms with E-state index in [-0.39, 0.29) is 0 Å². The predicted molar refractivity (Wildman–Crippen MR) is 108 cm³/mol. The first kappa shape index (κ1) is 21.4. The fourth-order valence-corrected chi connectivity index (χ4v) is 3.69. The van der Waals surface area contributed by atoms with Crippen molar-refractivity contribution in [3.05, 3.63) is 12.4 Å². The minimum atomic E-state index is 0.647. The molecular weight excluding hydrogens is 292 g/mol. The molecule has 0 aromatic rings. The van der Waals surface area contributed by atoms with Crippen LogP contribution in [0.3, 0.4) is 0 Å². The highest BCUT2D eigenvalue weighted by Crippen LogP contribution is 2.23. The van der Waals surface area contributed by atoms with E-state index in [0.29, 0.717) is 6.17 Å². The fourth-order valence-electron chi connectivity index (χ4n) is 3.69. The zero-order valence-corrected chi connectivity index (χ0v) is 16.9. The molecular formula is C22H44N2. The molecule has 1 unspecified atom stereocenters. The molecule has 1 rings (SSSR count). The Kier molecular flexibility index (Phi) is 13.1. The summed E-state index contributed by atoms with van der Waals surface area (Å²) in [5.41, 5.74) is 0. The summed E-state index contributed by atoms with van der Waals surface area (Å²) in [7, 11) is 0. The monoisotopic (exact) mass is 336 g/mol. The highest BCUT2D eigenvalue weighted by atomic mass is 15.4. The van der Waals surface area contributed by atoms with Crippen LogP contribution in [0.1, 0.15) is 111 Å². The maximum absolute atomic E-state index is 2.63. The lowest BCUT2D eigenvalue weighted by Crippen LogP contribution is -2.39. The Balaban J connectivity index is 2.28. The first-order valence-electron chi connectivity index (χ1n) is 11.0. The Hall–Kier alpha value is -0.660. The molecule has 0 saturated heterocycles. The van der Waals surface area contributed by atoms with Crippen LogP contribution in [0.2, 0.25) is 0 Å². The van der Waals surface area contributed by atoms with Gasteiger partial charge in [0.2, 0.25) is 0 Å². The molecule has 2 heteroatoms. The number of hydrogen-bond donors (Lipinski definition) is 0. The van der Waals surface area contributed by atoms with Crippen molar-refractivity contribution >= 4 is 0 Å². The van der Waals surface area contributed by atoms with E-state index in [9.17, 15) is 0 Å². The van der Waals surface area contributed by atoms with Crippen LogP contribution in [0.4, 0.5) is 0 Å². The van der Waals surface area contributed by atoms with E-state index in [2.05, 4.69) is 43.0 Å². The molecule has 1 aliphatic rings. The van der Waals surface area contributed by atoms with Gasteiger partial charge in [0.15, 0.2) is 0 Å². The highest BCUT2D eigenvalue weighted by molar-refractivity contribution is 4.96. The maximum atomic E-state index is 2.63. The summed E-state index contributed by atoms with van der Waals surface area (Å²) in [6, 6.07) is 0. The van der Waals surface area contributed by atoms with Gasteiger partial charge < -0.3 is 9.80 Å². The zero-order chi connectivity index (χ0) is 17.5. The molecule has 24 heavy (non-hydrogen) atoms. The smallest absolute Gasteiger partial charge is 0.101 e. The molecule has 0 radical (unpaired) electrons. The Bertz CT molecular complexity index is 300. The van der Waals surface area contributed by atoms with Crippen LogP contribution in [-0.4, -0.2) is 29.1 Å². The number of unbranched alkanes of at least 4 members (excludes halogenated alkanes) is 10. The Morgan fingerprint density at radius 2 is 1.00 bits per heavy atom. The summed E-state index contributed by atoms with van der Waals surface area (Å²) in [5.74, 6) is 0. The molecule has 1 heterocycles. The minimum Gasteiger partial charge on any atom is -0.356 e. The van der Waals surface area contributed by atoms with Crippen molar-refractivity contribution in [2.75, 3.05) is 13.1 Å². The van der Waals surface area contributed by atoms with Crippen molar-refractivity contribution < 1.29 is 0 Å². The van der Waals surface area contributed by atoms with Gasteiger partial charge in [-0.1, -0.05) is 85.0 Å². The molecule has 0 fully saturated rings. The van der Waals surface area contributed by atoms with Crippen molar-refractivity contribution in [1.29, 1.82) is 0 Å². The maximum Gasteiger partial charge on any atom is 0.101 e. The molecule has 0 spiro atoms. The Morgan fingerprint density at radius 3 is 1.58 bits per heavy atom. The SMILES string of the molecule is CCCCCCCCCC1N(CCCC)C=CN1CCCCCC. The van der Waals surface area contributed by atoms with Crippen LogP contribution < -0.4 is 0 Å². The van der Waals surface area contributed by atoms with Crippen LogP contribution in [0.5, 0.6) is 0 Å². The summed E-state index contributed by atoms with van der Waals surface area (Å²) < 4.78 is 0. The van der Waals surface area contributed by atoms with E-state index in [4.69, 9.17) is 0 Å². The van der Waals surface area contributed by atoms with Crippen molar-refractivity contribution in [2.45, 2.75) is 117 Å². The molecule has 1 aliphatic heterocycles. The van der Waals surface area contributed by atoms with Crippen LogP contribution >= 0.6 is 0 Å².